The summed E-state index contributed by atoms with van der Waals surface area (Å²) in [6, 6.07) is 7.27. The van der Waals surface area contributed by atoms with E-state index in [1.807, 2.05) is 12.1 Å². The van der Waals surface area contributed by atoms with Crippen molar-refractivity contribution in [3.8, 4) is 0 Å². The van der Waals surface area contributed by atoms with Gasteiger partial charge in [-0.1, -0.05) is 0 Å². The molecule has 1 aliphatic heterocycles. The second-order valence-corrected chi connectivity index (χ2v) is 4.77. The van der Waals surface area contributed by atoms with Crippen LogP contribution in [0.25, 0.3) is 0 Å². The smallest absolute Gasteiger partial charge is 0.414 e. The molecule has 0 bridgehead atoms. The Morgan fingerprint density at radius 1 is 1.45 bits per heavy atom. The SMILES string of the molecule is NC[C@H]1CN(c2ccc(NCCOCC(=O)O)cc2)C(=O)O1. The first-order valence-electron chi connectivity index (χ1n) is 6.92. The minimum atomic E-state index is -0.988. The fourth-order valence-electron chi connectivity index (χ4n) is 2.04. The number of aliphatic carboxylic acids is 1. The zero-order chi connectivity index (χ0) is 15.9. The van der Waals surface area contributed by atoms with Crippen molar-refractivity contribution in [2.45, 2.75) is 6.10 Å². The first-order valence-corrected chi connectivity index (χ1v) is 6.92. The van der Waals surface area contributed by atoms with Crippen LogP contribution >= 0.6 is 0 Å². The Balaban J connectivity index is 1.80. The number of ether oxygens (including phenoxy) is 2. The van der Waals surface area contributed by atoms with E-state index in [0.717, 1.165) is 11.4 Å². The maximum Gasteiger partial charge on any atom is 0.414 e. The molecule has 120 valence electrons. The predicted octanol–water partition coefficient (Wildman–Crippen LogP) is 0.484. The highest BCUT2D eigenvalue weighted by Gasteiger charge is 2.31. The highest BCUT2D eigenvalue weighted by Crippen LogP contribution is 2.23. The van der Waals surface area contributed by atoms with E-state index in [4.69, 9.17) is 20.3 Å². The van der Waals surface area contributed by atoms with Gasteiger partial charge in [0.25, 0.3) is 0 Å². The number of amides is 1. The lowest BCUT2D eigenvalue weighted by Crippen LogP contribution is -2.27. The van der Waals surface area contributed by atoms with E-state index in [1.165, 1.54) is 4.90 Å². The van der Waals surface area contributed by atoms with Crippen molar-refractivity contribution in [2.75, 3.05) is 43.1 Å². The van der Waals surface area contributed by atoms with Crippen molar-refractivity contribution < 1.29 is 24.2 Å². The number of hydrogen-bond donors (Lipinski definition) is 3. The predicted molar refractivity (Wildman–Crippen MR) is 80.1 cm³/mol. The molecule has 1 aromatic rings. The van der Waals surface area contributed by atoms with Gasteiger partial charge in [0, 0.05) is 24.5 Å². The molecule has 8 heteroatoms. The number of nitrogens with two attached hydrogens (primary N) is 1. The first kappa shape index (κ1) is 16.1. The zero-order valence-electron chi connectivity index (χ0n) is 12.0. The van der Waals surface area contributed by atoms with Gasteiger partial charge in [-0.2, -0.15) is 0 Å². The molecule has 0 aromatic heterocycles. The molecule has 1 saturated heterocycles. The number of cyclic esters (lactones) is 1. The molecule has 2 rings (SSSR count). The van der Waals surface area contributed by atoms with Crippen molar-refractivity contribution in [3.63, 3.8) is 0 Å². The van der Waals surface area contributed by atoms with Crippen molar-refractivity contribution in [2.24, 2.45) is 5.73 Å². The molecular weight excluding hydrogens is 290 g/mol. The van der Waals surface area contributed by atoms with E-state index in [2.05, 4.69) is 5.32 Å². The summed E-state index contributed by atoms with van der Waals surface area (Å²) in [5, 5.41) is 11.5. The number of hydrogen-bond acceptors (Lipinski definition) is 6. The summed E-state index contributed by atoms with van der Waals surface area (Å²) in [5.41, 5.74) is 7.09. The van der Waals surface area contributed by atoms with Crippen LogP contribution in [0.15, 0.2) is 24.3 Å². The lowest BCUT2D eigenvalue weighted by Gasteiger charge is -2.14. The van der Waals surface area contributed by atoms with Crippen molar-refractivity contribution in [1.82, 2.24) is 0 Å². The second-order valence-electron chi connectivity index (χ2n) is 4.77. The van der Waals surface area contributed by atoms with Crippen molar-refractivity contribution in [3.05, 3.63) is 24.3 Å². The third kappa shape index (κ3) is 4.34. The van der Waals surface area contributed by atoms with Crippen molar-refractivity contribution >= 4 is 23.4 Å². The van der Waals surface area contributed by atoms with E-state index in [0.29, 0.717) is 26.2 Å². The summed E-state index contributed by atoms with van der Waals surface area (Å²) in [7, 11) is 0. The van der Waals surface area contributed by atoms with Crippen LogP contribution in [0.3, 0.4) is 0 Å². The van der Waals surface area contributed by atoms with Crippen LogP contribution in [0.5, 0.6) is 0 Å². The number of anilines is 2. The Morgan fingerprint density at radius 2 is 2.18 bits per heavy atom. The van der Waals surface area contributed by atoms with Crippen LogP contribution in [-0.2, 0) is 14.3 Å². The van der Waals surface area contributed by atoms with Gasteiger partial charge in [-0.05, 0) is 24.3 Å². The molecule has 1 aliphatic rings. The Hall–Kier alpha value is -2.32. The average Bonchev–Trinajstić information content (AvgIpc) is 2.88. The van der Waals surface area contributed by atoms with Gasteiger partial charge in [-0.15, -0.1) is 0 Å². The molecule has 1 heterocycles. The molecule has 22 heavy (non-hydrogen) atoms. The van der Waals surface area contributed by atoms with Crippen LogP contribution in [0.4, 0.5) is 16.2 Å². The Bertz CT molecular complexity index is 520. The van der Waals surface area contributed by atoms with Gasteiger partial charge in [0.05, 0.1) is 13.2 Å². The van der Waals surface area contributed by atoms with Crippen molar-refractivity contribution in [1.29, 1.82) is 0 Å². The minimum Gasteiger partial charge on any atom is -0.480 e. The van der Waals surface area contributed by atoms with Gasteiger partial charge < -0.3 is 25.6 Å². The highest BCUT2D eigenvalue weighted by atomic mass is 16.6. The number of rotatable bonds is 8. The average molecular weight is 309 g/mol. The molecule has 0 radical (unpaired) electrons. The molecule has 1 atom stereocenters. The van der Waals surface area contributed by atoms with Crippen LogP contribution in [0.1, 0.15) is 0 Å². The minimum absolute atomic E-state index is 0.267. The summed E-state index contributed by atoms with van der Waals surface area (Å²) in [6.45, 7) is 1.24. The lowest BCUT2D eigenvalue weighted by molar-refractivity contribution is -0.142. The zero-order valence-corrected chi connectivity index (χ0v) is 12.0. The Morgan fingerprint density at radius 3 is 2.77 bits per heavy atom. The largest absolute Gasteiger partial charge is 0.480 e. The van der Waals surface area contributed by atoms with E-state index in [1.54, 1.807) is 12.1 Å². The fraction of sp³-hybridized carbons (Fsp3) is 0.429. The highest BCUT2D eigenvalue weighted by molar-refractivity contribution is 5.90. The topological polar surface area (TPSA) is 114 Å². The summed E-state index contributed by atoms with van der Waals surface area (Å²) < 4.78 is 10.0. The first-order chi connectivity index (χ1) is 10.6. The monoisotopic (exact) mass is 309 g/mol. The fourth-order valence-corrected chi connectivity index (χ4v) is 2.04. The Labute approximate surface area is 127 Å². The third-order valence-corrected chi connectivity index (χ3v) is 3.12. The van der Waals surface area contributed by atoms with E-state index in [9.17, 15) is 9.59 Å². The Kier molecular flexibility index (Phi) is 5.56. The summed E-state index contributed by atoms with van der Waals surface area (Å²) in [5.74, 6) is -0.988. The maximum absolute atomic E-state index is 11.7. The molecule has 1 aromatic carbocycles. The molecular formula is C14H19N3O5. The van der Waals surface area contributed by atoms with Gasteiger partial charge >= 0.3 is 12.1 Å². The summed E-state index contributed by atoms with van der Waals surface area (Å²) in [4.78, 5) is 23.5. The second kappa shape index (κ2) is 7.62. The molecule has 1 amide bonds. The molecule has 0 aliphatic carbocycles. The molecule has 4 N–H and O–H groups in total. The number of carbonyl (C=O) groups is 2. The van der Waals surface area contributed by atoms with Crippen LogP contribution in [0.2, 0.25) is 0 Å². The van der Waals surface area contributed by atoms with Gasteiger partial charge in [-0.3, -0.25) is 4.90 Å². The normalized spacial score (nSPS) is 17.4. The maximum atomic E-state index is 11.7. The van der Waals surface area contributed by atoms with Crippen LogP contribution in [-0.4, -0.2) is 56.1 Å². The molecule has 0 unspecified atom stereocenters. The number of carboxylic acids is 1. The number of benzene rings is 1. The molecule has 0 saturated carbocycles. The van der Waals surface area contributed by atoms with Crippen LogP contribution < -0.4 is 16.0 Å². The van der Waals surface area contributed by atoms with Gasteiger partial charge in [0.1, 0.15) is 12.7 Å². The summed E-state index contributed by atoms with van der Waals surface area (Å²) >= 11 is 0. The van der Waals surface area contributed by atoms with E-state index < -0.39 is 12.1 Å². The standard InChI is InChI=1S/C14H19N3O5/c15-7-12-8-17(14(20)22-12)11-3-1-10(2-4-11)16-5-6-21-9-13(18)19/h1-4,12,16H,5-9,15H2,(H,18,19)/t12-/m0/s1. The number of nitrogens with zero attached hydrogens (tertiary/aromatic N) is 1. The van der Waals surface area contributed by atoms with E-state index in [-0.39, 0.29) is 12.7 Å². The van der Waals surface area contributed by atoms with Crippen LogP contribution in [0, 0.1) is 0 Å². The number of carboxylic acid groups (broad SMARTS) is 1. The van der Waals surface area contributed by atoms with E-state index >= 15 is 0 Å². The molecule has 0 spiro atoms. The quantitative estimate of drug-likeness (QED) is 0.598. The third-order valence-electron chi connectivity index (χ3n) is 3.12. The lowest BCUT2D eigenvalue weighted by atomic mass is 10.2. The molecule has 8 nitrogen and oxygen atoms in total. The molecule has 1 fully saturated rings. The number of nitrogens with one attached hydrogen (secondary N) is 1. The number of carbonyl (C=O) groups excluding carboxylic acids is 1. The van der Waals surface area contributed by atoms with Gasteiger partial charge in [-0.25, -0.2) is 9.59 Å². The van der Waals surface area contributed by atoms with Gasteiger partial charge in [0.15, 0.2) is 0 Å². The van der Waals surface area contributed by atoms with Gasteiger partial charge in [0.2, 0.25) is 0 Å². The summed E-state index contributed by atoms with van der Waals surface area (Å²) in [6.07, 6.45) is -0.657.